The van der Waals surface area contributed by atoms with Crippen molar-refractivity contribution >= 4 is 23.3 Å². The van der Waals surface area contributed by atoms with Crippen LogP contribution < -0.4 is 15.0 Å². The van der Waals surface area contributed by atoms with Crippen molar-refractivity contribution in [3.05, 3.63) is 48.7 Å². The number of unbranched alkanes of at least 4 members (excludes halogenated alkanes) is 1. The van der Waals surface area contributed by atoms with Gasteiger partial charge in [-0.15, -0.1) is 0 Å². The fraction of sp³-hybridized carbons (Fsp3) is 0.316. The number of hydrogen-bond acceptors (Lipinski definition) is 4. The van der Waals surface area contributed by atoms with Gasteiger partial charge in [-0.25, -0.2) is 4.98 Å². The van der Waals surface area contributed by atoms with Crippen LogP contribution in [0.3, 0.4) is 0 Å². The number of amides is 2. The standard InChI is InChI=1S/C19H21N3O3/c1-3-4-13-22-16-15(11-8-12-20-16)25-19(2,18(22)24)17(23)21-14-9-6-5-7-10-14/h5-12H,3-4,13H2,1-2H3,(H,21,23)/t19-/m0/s1. The molecule has 3 rings (SSSR count). The molecular formula is C19H21N3O3. The van der Waals surface area contributed by atoms with Crippen molar-refractivity contribution in [1.29, 1.82) is 0 Å². The largest absolute Gasteiger partial charge is 0.464 e. The van der Waals surface area contributed by atoms with E-state index in [0.717, 1.165) is 12.8 Å². The number of pyridine rings is 1. The lowest BCUT2D eigenvalue weighted by Crippen LogP contribution is -2.61. The molecule has 6 heteroatoms. The van der Waals surface area contributed by atoms with E-state index in [9.17, 15) is 9.59 Å². The normalized spacial score (nSPS) is 19.1. The summed E-state index contributed by atoms with van der Waals surface area (Å²) in [6.45, 7) is 4.05. The molecule has 0 bridgehead atoms. The fourth-order valence-corrected chi connectivity index (χ4v) is 2.72. The predicted octanol–water partition coefficient (Wildman–Crippen LogP) is 3.00. The van der Waals surface area contributed by atoms with Crippen molar-refractivity contribution in [2.24, 2.45) is 0 Å². The van der Waals surface area contributed by atoms with Crippen LogP contribution >= 0.6 is 0 Å². The zero-order chi connectivity index (χ0) is 17.9. The molecule has 0 aliphatic carbocycles. The molecule has 130 valence electrons. The highest BCUT2D eigenvalue weighted by atomic mass is 16.5. The molecule has 0 fully saturated rings. The number of rotatable bonds is 5. The minimum atomic E-state index is -1.64. The molecule has 0 spiro atoms. The maximum atomic E-state index is 13.0. The molecule has 0 unspecified atom stereocenters. The van der Waals surface area contributed by atoms with E-state index in [4.69, 9.17) is 4.74 Å². The average Bonchev–Trinajstić information content (AvgIpc) is 2.63. The number of nitrogens with zero attached hydrogens (tertiary/aromatic N) is 2. The Morgan fingerprint density at radius 2 is 2.00 bits per heavy atom. The van der Waals surface area contributed by atoms with Crippen LogP contribution in [-0.2, 0) is 9.59 Å². The Hall–Kier alpha value is -2.89. The molecule has 25 heavy (non-hydrogen) atoms. The monoisotopic (exact) mass is 339 g/mol. The van der Waals surface area contributed by atoms with Crippen LogP contribution in [0.2, 0.25) is 0 Å². The van der Waals surface area contributed by atoms with E-state index in [1.165, 1.54) is 6.92 Å². The predicted molar refractivity (Wildman–Crippen MR) is 95.6 cm³/mol. The summed E-state index contributed by atoms with van der Waals surface area (Å²) in [5, 5.41) is 2.76. The van der Waals surface area contributed by atoms with Gasteiger partial charge in [0.25, 0.3) is 17.4 Å². The molecule has 1 atom stereocenters. The van der Waals surface area contributed by atoms with Crippen LogP contribution in [0.25, 0.3) is 0 Å². The van der Waals surface area contributed by atoms with Gasteiger partial charge in [-0.1, -0.05) is 31.5 Å². The van der Waals surface area contributed by atoms with Gasteiger partial charge < -0.3 is 10.1 Å². The third-order valence-corrected chi connectivity index (χ3v) is 4.17. The van der Waals surface area contributed by atoms with Gasteiger partial charge >= 0.3 is 0 Å². The van der Waals surface area contributed by atoms with Gasteiger partial charge in [-0.2, -0.15) is 0 Å². The first kappa shape index (κ1) is 17.0. The quantitative estimate of drug-likeness (QED) is 0.850. The van der Waals surface area contributed by atoms with Crippen LogP contribution in [0.4, 0.5) is 11.5 Å². The van der Waals surface area contributed by atoms with Crippen LogP contribution in [0.5, 0.6) is 5.75 Å². The summed E-state index contributed by atoms with van der Waals surface area (Å²) >= 11 is 0. The number of hydrogen-bond donors (Lipinski definition) is 1. The second kappa shape index (κ2) is 6.93. The zero-order valence-corrected chi connectivity index (χ0v) is 14.4. The van der Waals surface area contributed by atoms with Gasteiger partial charge in [0, 0.05) is 18.4 Å². The Kier molecular flexibility index (Phi) is 4.70. The topological polar surface area (TPSA) is 71.5 Å². The van der Waals surface area contributed by atoms with Gasteiger partial charge in [0.2, 0.25) is 0 Å². The summed E-state index contributed by atoms with van der Waals surface area (Å²) in [6.07, 6.45) is 3.36. The van der Waals surface area contributed by atoms with Crippen molar-refractivity contribution in [2.45, 2.75) is 32.3 Å². The SMILES string of the molecule is CCCCN1C(=O)[C@](C)(C(=O)Nc2ccccc2)Oc2cccnc21. The summed E-state index contributed by atoms with van der Waals surface area (Å²) in [6, 6.07) is 12.5. The van der Waals surface area contributed by atoms with Crippen molar-refractivity contribution in [1.82, 2.24) is 4.98 Å². The average molecular weight is 339 g/mol. The molecule has 1 aromatic carbocycles. The molecule has 1 aliphatic rings. The second-order valence-electron chi connectivity index (χ2n) is 6.09. The number of nitrogens with one attached hydrogen (secondary N) is 1. The fourth-order valence-electron chi connectivity index (χ4n) is 2.72. The highest BCUT2D eigenvalue weighted by Gasteiger charge is 2.51. The van der Waals surface area contributed by atoms with E-state index in [1.54, 1.807) is 35.4 Å². The van der Waals surface area contributed by atoms with Gasteiger partial charge in [0.15, 0.2) is 11.6 Å². The molecule has 2 aromatic rings. The molecular weight excluding hydrogens is 318 g/mol. The third kappa shape index (κ3) is 3.20. The van der Waals surface area contributed by atoms with Crippen molar-refractivity contribution in [3.8, 4) is 5.75 Å². The number of benzene rings is 1. The lowest BCUT2D eigenvalue weighted by molar-refractivity contribution is -0.145. The Bertz CT molecular complexity index is 778. The number of carbonyl (C=O) groups excluding carboxylic acids is 2. The lowest BCUT2D eigenvalue weighted by Gasteiger charge is -2.38. The molecule has 1 aromatic heterocycles. The maximum absolute atomic E-state index is 13.0. The minimum Gasteiger partial charge on any atom is -0.464 e. The minimum absolute atomic E-state index is 0.402. The molecule has 2 amide bonds. The molecule has 0 saturated carbocycles. The van der Waals surface area contributed by atoms with Crippen molar-refractivity contribution in [3.63, 3.8) is 0 Å². The Balaban J connectivity index is 1.92. The van der Waals surface area contributed by atoms with E-state index in [-0.39, 0.29) is 0 Å². The van der Waals surface area contributed by atoms with E-state index in [1.807, 2.05) is 25.1 Å². The second-order valence-corrected chi connectivity index (χ2v) is 6.09. The van der Waals surface area contributed by atoms with Crippen LogP contribution in [-0.4, -0.2) is 28.9 Å². The van der Waals surface area contributed by atoms with Gasteiger partial charge in [-0.3, -0.25) is 14.5 Å². The third-order valence-electron chi connectivity index (χ3n) is 4.17. The van der Waals surface area contributed by atoms with E-state index < -0.39 is 17.4 Å². The molecule has 0 saturated heterocycles. The number of ether oxygens (including phenoxy) is 1. The lowest BCUT2D eigenvalue weighted by atomic mass is 10.0. The number of aromatic nitrogens is 1. The summed E-state index contributed by atoms with van der Waals surface area (Å²) in [4.78, 5) is 31.7. The van der Waals surface area contributed by atoms with Crippen LogP contribution in [0.15, 0.2) is 48.7 Å². The van der Waals surface area contributed by atoms with Crippen LogP contribution in [0, 0.1) is 0 Å². The summed E-state index contributed by atoms with van der Waals surface area (Å²) in [7, 11) is 0. The Morgan fingerprint density at radius 3 is 2.72 bits per heavy atom. The van der Waals surface area contributed by atoms with Crippen LogP contribution in [0.1, 0.15) is 26.7 Å². The number of fused-ring (bicyclic) bond motifs is 1. The zero-order valence-electron chi connectivity index (χ0n) is 14.4. The first-order valence-corrected chi connectivity index (χ1v) is 8.38. The summed E-state index contributed by atoms with van der Waals surface area (Å²) < 4.78 is 5.81. The molecule has 6 nitrogen and oxygen atoms in total. The van der Waals surface area contributed by atoms with E-state index >= 15 is 0 Å². The summed E-state index contributed by atoms with van der Waals surface area (Å²) in [5.74, 6) is -0.00451. The molecule has 2 heterocycles. The Labute approximate surface area is 146 Å². The molecule has 1 aliphatic heterocycles. The molecule has 1 N–H and O–H groups in total. The first-order valence-electron chi connectivity index (χ1n) is 8.38. The highest BCUT2D eigenvalue weighted by Crippen LogP contribution is 2.36. The number of para-hydroxylation sites is 1. The van der Waals surface area contributed by atoms with E-state index in [2.05, 4.69) is 10.3 Å². The van der Waals surface area contributed by atoms with E-state index in [0.29, 0.717) is 23.8 Å². The maximum Gasteiger partial charge on any atom is 0.282 e. The van der Waals surface area contributed by atoms with Crippen molar-refractivity contribution < 1.29 is 14.3 Å². The highest BCUT2D eigenvalue weighted by molar-refractivity contribution is 6.19. The number of carbonyl (C=O) groups is 2. The molecule has 0 radical (unpaired) electrons. The smallest absolute Gasteiger partial charge is 0.282 e. The number of anilines is 2. The first-order chi connectivity index (χ1) is 12.1. The Morgan fingerprint density at radius 1 is 1.24 bits per heavy atom. The summed E-state index contributed by atoms with van der Waals surface area (Å²) in [5.41, 5.74) is -1.03. The van der Waals surface area contributed by atoms with Gasteiger partial charge in [-0.05, 0) is 37.6 Å². The van der Waals surface area contributed by atoms with Gasteiger partial charge in [0.05, 0.1) is 0 Å². The van der Waals surface area contributed by atoms with Crippen molar-refractivity contribution in [2.75, 3.05) is 16.8 Å². The van der Waals surface area contributed by atoms with Gasteiger partial charge in [0.1, 0.15) is 0 Å².